The van der Waals surface area contributed by atoms with Gasteiger partial charge in [-0.05, 0) is 43.2 Å². The molecule has 0 atom stereocenters. The Hall–Kier alpha value is -3.08. The SMILES string of the molecule is O=C(Nc1ccc(-c2cn3ccsc3n2)cc1)c1ccc(F)c(S(=O)(=O)N2CCCCC2)c1. The molecule has 0 unspecified atom stereocenters. The van der Waals surface area contributed by atoms with Gasteiger partial charge >= 0.3 is 0 Å². The van der Waals surface area contributed by atoms with E-state index in [2.05, 4.69) is 10.3 Å². The van der Waals surface area contributed by atoms with Crippen molar-refractivity contribution in [2.24, 2.45) is 0 Å². The van der Waals surface area contributed by atoms with Crippen LogP contribution in [-0.4, -0.2) is 41.1 Å². The topological polar surface area (TPSA) is 83.8 Å². The molecule has 7 nitrogen and oxygen atoms in total. The predicted octanol–water partition coefficient (Wildman–Crippen LogP) is 4.63. The van der Waals surface area contributed by atoms with Gasteiger partial charge in [-0.1, -0.05) is 18.6 Å². The van der Waals surface area contributed by atoms with Gasteiger partial charge in [0.25, 0.3) is 5.91 Å². The summed E-state index contributed by atoms with van der Waals surface area (Å²) in [4.78, 5) is 17.8. The van der Waals surface area contributed by atoms with Crippen molar-refractivity contribution in [3.8, 4) is 11.3 Å². The van der Waals surface area contributed by atoms with Gasteiger partial charge in [0.2, 0.25) is 10.0 Å². The average Bonchev–Trinajstić information content (AvgIpc) is 3.43. The molecule has 0 aliphatic carbocycles. The van der Waals surface area contributed by atoms with Crippen molar-refractivity contribution < 1.29 is 17.6 Å². The van der Waals surface area contributed by atoms with Crippen molar-refractivity contribution in [1.82, 2.24) is 13.7 Å². The minimum absolute atomic E-state index is 0.0744. The second kappa shape index (κ2) is 8.69. The first-order valence-electron chi connectivity index (χ1n) is 10.6. The zero-order valence-electron chi connectivity index (χ0n) is 17.6. The van der Waals surface area contributed by atoms with Gasteiger partial charge in [-0.2, -0.15) is 4.31 Å². The Morgan fingerprint density at radius 2 is 1.82 bits per heavy atom. The van der Waals surface area contributed by atoms with Gasteiger partial charge in [-0.15, -0.1) is 11.3 Å². The van der Waals surface area contributed by atoms with Crippen molar-refractivity contribution in [2.45, 2.75) is 24.2 Å². The van der Waals surface area contributed by atoms with E-state index in [1.54, 1.807) is 23.5 Å². The number of aromatic nitrogens is 2. The second-order valence-corrected chi connectivity index (χ2v) is 10.6. The molecule has 33 heavy (non-hydrogen) atoms. The highest BCUT2D eigenvalue weighted by molar-refractivity contribution is 7.89. The molecule has 1 N–H and O–H groups in total. The molecule has 0 radical (unpaired) electrons. The molecule has 0 bridgehead atoms. The number of amides is 1. The monoisotopic (exact) mass is 484 g/mol. The van der Waals surface area contributed by atoms with Crippen molar-refractivity contribution >= 4 is 37.9 Å². The van der Waals surface area contributed by atoms with Gasteiger partial charge in [0.05, 0.1) is 5.69 Å². The first kappa shape index (κ1) is 21.7. The van der Waals surface area contributed by atoms with E-state index < -0.39 is 26.6 Å². The molecule has 5 rings (SSSR count). The number of carbonyl (C=O) groups is 1. The van der Waals surface area contributed by atoms with E-state index in [-0.39, 0.29) is 5.56 Å². The number of nitrogens with one attached hydrogen (secondary N) is 1. The predicted molar refractivity (Wildman–Crippen MR) is 125 cm³/mol. The highest BCUT2D eigenvalue weighted by Crippen LogP contribution is 2.26. The molecule has 1 aliphatic heterocycles. The Bertz CT molecular complexity index is 1390. The number of benzene rings is 2. The number of carbonyl (C=O) groups excluding carboxylic acids is 1. The van der Waals surface area contributed by atoms with Crippen molar-refractivity contribution in [2.75, 3.05) is 18.4 Å². The zero-order valence-corrected chi connectivity index (χ0v) is 19.2. The van der Waals surface area contributed by atoms with Crippen LogP contribution in [0.2, 0.25) is 0 Å². The molecular formula is C23H21FN4O3S2. The van der Waals surface area contributed by atoms with Crippen LogP contribution in [0.25, 0.3) is 16.2 Å². The smallest absolute Gasteiger partial charge is 0.255 e. The van der Waals surface area contributed by atoms with Gasteiger partial charge in [0, 0.05) is 47.7 Å². The number of thiazole rings is 1. The summed E-state index contributed by atoms with van der Waals surface area (Å²) in [6.45, 7) is 0.721. The summed E-state index contributed by atoms with van der Waals surface area (Å²) in [6.07, 6.45) is 6.31. The number of rotatable bonds is 5. The van der Waals surface area contributed by atoms with Crippen molar-refractivity contribution in [1.29, 1.82) is 0 Å². The molecule has 2 aromatic heterocycles. The first-order valence-corrected chi connectivity index (χ1v) is 12.9. The quantitative estimate of drug-likeness (QED) is 0.448. The molecule has 1 saturated heterocycles. The zero-order chi connectivity index (χ0) is 23.0. The van der Waals surface area contributed by atoms with Crippen molar-refractivity contribution in [3.05, 3.63) is 71.6 Å². The Labute approximate surface area is 194 Å². The maximum absolute atomic E-state index is 14.4. The van der Waals surface area contributed by atoms with E-state index in [0.29, 0.717) is 18.8 Å². The molecule has 4 aromatic rings. The summed E-state index contributed by atoms with van der Waals surface area (Å²) in [6, 6.07) is 10.6. The Balaban J connectivity index is 1.34. The molecule has 10 heteroatoms. The Morgan fingerprint density at radius 1 is 1.06 bits per heavy atom. The third-order valence-corrected chi connectivity index (χ3v) is 8.34. The maximum atomic E-state index is 14.4. The lowest BCUT2D eigenvalue weighted by Gasteiger charge is -2.26. The van der Waals surface area contributed by atoms with Crippen LogP contribution in [0.15, 0.2) is 65.1 Å². The van der Waals surface area contributed by atoms with Gasteiger partial charge in [0.15, 0.2) is 4.96 Å². The summed E-state index contributed by atoms with van der Waals surface area (Å²) < 4.78 is 43.5. The second-order valence-electron chi connectivity index (χ2n) is 7.86. The molecule has 3 heterocycles. The number of sulfonamides is 1. The number of hydrogen-bond donors (Lipinski definition) is 1. The number of hydrogen-bond acceptors (Lipinski definition) is 5. The third-order valence-electron chi connectivity index (χ3n) is 5.66. The fraction of sp³-hybridized carbons (Fsp3) is 0.217. The Morgan fingerprint density at radius 3 is 2.55 bits per heavy atom. The fourth-order valence-corrected chi connectivity index (χ4v) is 6.19. The molecule has 1 amide bonds. The summed E-state index contributed by atoms with van der Waals surface area (Å²) >= 11 is 1.55. The van der Waals surface area contributed by atoms with Gasteiger partial charge in [-0.25, -0.2) is 17.8 Å². The van der Waals surface area contributed by atoms with Crippen LogP contribution in [0.1, 0.15) is 29.6 Å². The number of imidazole rings is 1. The molecule has 1 fully saturated rings. The molecule has 2 aromatic carbocycles. The van der Waals surface area contributed by atoms with Crippen LogP contribution < -0.4 is 5.32 Å². The summed E-state index contributed by atoms with van der Waals surface area (Å²) in [5, 5.41) is 4.70. The van der Waals surface area contributed by atoms with Crippen LogP contribution >= 0.6 is 11.3 Å². The summed E-state index contributed by atoms with van der Waals surface area (Å²) in [7, 11) is -3.99. The average molecular weight is 485 g/mol. The minimum atomic E-state index is -3.99. The van der Waals surface area contributed by atoms with Gasteiger partial charge in [0.1, 0.15) is 10.7 Å². The number of nitrogens with zero attached hydrogens (tertiary/aromatic N) is 3. The van der Waals surface area contributed by atoms with E-state index in [0.717, 1.165) is 47.6 Å². The standard InChI is InChI=1S/C23H21FN4O3S2/c24-19-9-6-17(14-21(19)33(30,31)28-10-2-1-3-11-28)22(29)25-18-7-4-16(5-8-18)20-15-27-12-13-32-23(27)26-20/h4-9,12-15H,1-3,10-11H2,(H,25,29). The van der Waals surface area contributed by atoms with Crippen LogP contribution in [-0.2, 0) is 10.0 Å². The Kier molecular flexibility index (Phi) is 5.73. The largest absolute Gasteiger partial charge is 0.322 e. The highest BCUT2D eigenvalue weighted by atomic mass is 32.2. The molecule has 1 aliphatic rings. The normalized spacial score (nSPS) is 15.1. The van der Waals surface area contributed by atoms with Gasteiger partial charge in [-0.3, -0.25) is 9.20 Å². The maximum Gasteiger partial charge on any atom is 0.255 e. The van der Waals surface area contributed by atoms with E-state index >= 15 is 0 Å². The van der Waals surface area contributed by atoms with Crippen LogP contribution in [0, 0.1) is 5.82 Å². The number of fused-ring (bicyclic) bond motifs is 1. The van der Waals surface area contributed by atoms with E-state index in [9.17, 15) is 17.6 Å². The van der Waals surface area contributed by atoms with E-state index in [1.807, 2.05) is 34.3 Å². The molecule has 0 saturated carbocycles. The van der Waals surface area contributed by atoms with Crippen molar-refractivity contribution in [3.63, 3.8) is 0 Å². The lowest BCUT2D eigenvalue weighted by molar-refractivity contribution is 0.102. The molecule has 0 spiro atoms. The fourth-order valence-electron chi connectivity index (χ4n) is 3.88. The lowest BCUT2D eigenvalue weighted by Crippen LogP contribution is -2.36. The van der Waals surface area contributed by atoms with Crippen LogP contribution in [0.5, 0.6) is 0 Å². The number of anilines is 1. The summed E-state index contributed by atoms with van der Waals surface area (Å²) in [5.74, 6) is -1.37. The molecular weight excluding hydrogens is 463 g/mol. The van der Waals surface area contributed by atoms with Crippen LogP contribution in [0.4, 0.5) is 10.1 Å². The minimum Gasteiger partial charge on any atom is -0.322 e. The number of piperidine rings is 1. The highest BCUT2D eigenvalue weighted by Gasteiger charge is 2.29. The van der Waals surface area contributed by atoms with E-state index in [1.165, 1.54) is 10.4 Å². The summed E-state index contributed by atoms with van der Waals surface area (Å²) in [5.41, 5.74) is 2.34. The lowest BCUT2D eigenvalue weighted by atomic mass is 10.1. The van der Waals surface area contributed by atoms with Gasteiger partial charge < -0.3 is 5.32 Å². The number of halogens is 1. The molecule has 170 valence electrons. The van der Waals surface area contributed by atoms with Crippen LogP contribution in [0.3, 0.4) is 0 Å². The van der Waals surface area contributed by atoms with E-state index in [4.69, 9.17) is 0 Å². The third kappa shape index (κ3) is 4.29. The first-order chi connectivity index (χ1) is 15.9.